The molecule has 25 heavy (non-hydrogen) atoms. The maximum absolute atomic E-state index is 12.9. The van der Waals surface area contributed by atoms with Crippen molar-refractivity contribution in [3.63, 3.8) is 0 Å². The van der Waals surface area contributed by atoms with Crippen LogP contribution in [0.3, 0.4) is 0 Å². The van der Waals surface area contributed by atoms with Gasteiger partial charge in [-0.15, -0.1) is 10.2 Å². The van der Waals surface area contributed by atoms with Crippen molar-refractivity contribution in [1.29, 1.82) is 0 Å². The van der Waals surface area contributed by atoms with Crippen molar-refractivity contribution in [3.8, 4) is 11.3 Å². The summed E-state index contributed by atoms with van der Waals surface area (Å²) in [6.07, 6.45) is 1.58. The Morgan fingerprint density at radius 3 is 2.20 bits per heavy atom. The van der Waals surface area contributed by atoms with Gasteiger partial charge in [0.05, 0.1) is 10.6 Å². The Hall–Kier alpha value is -2.26. The van der Waals surface area contributed by atoms with Crippen LogP contribution >= 0.6 is 22.6 Å². The SMILES string of the molecule is O=S(=O)(c1ccccc1)n1cc(I)c2cc(-c3ccccc3)nnc21. The summed E-state index contributed by atoms with van der Waals surface area (Å²) in [6.45, 7) is 0. The van der Waals surface area contributed by atoms with Gasteiger partial charge < -0.3 is 0 Å². The Labute approximate surface area is 158 Å². The normalized spacial score (nSPS) is 11.7. The standard InChI is InChI=1S/C18H12IN3O2S/c19-16-12-22(25(23,24)14-9-5-2-6-10-14)18-15(16)11-17(20-21-18)13-7-3-1-4-8-13/h1-12H. The van der Waals surface area contributed by atoms with Gasteiger partial charge in [-0.05, 0) is 40.8 Å². The Kier molecular flexibility index (Phi) is 4.04. The van der Waals surface area contributed by atoms with Gasteiger partial charge in [-0.1, -0.05) is 48.5 Å². The van der Waals surface area contributed by atoms with Crippen LogP contribution in [0, 0.1) is 3.57 Å². The topological polar surface area (TPSA) is 64.8 Å². The number of fused-ring (bicyclic) bond motifs is 1. The van der Waals surface area contributed by atoms with Crippen LogP contribution in [0.15, 0.2) is 77.8 Å². The quantitative estimate of drug-likeness (QED) is 0.434. The van der Waals surface area contributed by atoms with Gasteiger partial charge in [-0.25, -0.2) is 12.4 Å². The molecular weight excluding hydrogens is 449 g/mol. The predicted octanol–water partition coefficient (Wildman–Crippen LogP) is 3.94. The minimum Gasteiger partial charge on any atom is -0.221 e. The second-order valence-corrected chi connectivity index (χ2v) is 8.40. The molecular formula is C18H12IN3O2S. The van der Waals surface area contributed by atoms with Crippen molar-refractivity contribution in [2.24, 2.45) is 0 Å². The number of nitrogens with zero attached hydrogens (tertiary/aromatic N) is 3. The van der Waals surface area contributed by atoms with E-state index in [1.165, 1.54) is 3.97 Å². The van der Waals surface area contributed by atoms with E-state index in [1.807, 2.05) is 36.4 Å². The highest BCUT2D eigenvalue weighted by molar-refractivity contribution is 14.1. The van der Waals surface area contributed by atoms with Gasteiger partial charge >= 0.3 is 0 Å². The number of benzene rings is 2. The van der Waals surface area contributed by atoms with E-state index in [1.54, 1.807) is 36.5 Å². The number of halogens is 1. The maximum atomic E-state index is 12.9. The van der Waals surface area contributed by atoms with Crippen LogP contribution < -0.4 is 0 Å². The highest BCUT2D eigenvalue weighted by Gasteiger charge is 2.22. The molecule has 5 nitrogen and oxygen atoms in total. The number of rotatable bonds is 3. The van der Waals surface area contributed by atoms with Gasteiger partial charge in [0.2, 0.25) is 0 Å². The zero-order valence-electron chi connectivity index (χ0n) is 12.9. The monoisotopic (exact) mass is 461 g/mol. The molecule has 0 bridgehead atoms. The lowest BCUT2D eigenvalue weighted by Gasteiger charge is -2.06. The lowest BCUT2D eigenvalue weighted by Crippen LogP contribution is -2.12. The molecule has 0 spiro atoms. The Balaban J connectivity index is 1.91. The molecule has 4 aromatic rings. The summed E-state index contributed by atoms with van der Waals surface area (Å²) < 4.78 is 27.8. The first-order chi connectivity index (χ1) is 12.1. The van der Waals surface area contributed by atoms with Crippen LogP contribution in [-0.4, -0.2) is 22.6 Å². The lowest BCUT2D eigenvalue weighted by molar-refractivity contribution is 0.588. The number of hydrogen-bond acceptors (Lipinski definition) is 4. The summed E-state index contributed by atoms with van der Waals surface area (Å²) >= 11 is 2.12. The summed E-state index contributed by atoms with van der Waals surface area (Å²) in [6, 6.07) is 19.9. The van der Waals surface area contributed by atoms with Crippen LogP contribution in [0.25, 0.3) is 22.3 Å². The van der Waals surface area contributed by atoms with E-state index < -0.39 is 10.0 Å². The Morgan fingerprint density at radius 1 is 0.880 bits per heavy atom. The first-order valence-electron chi connectivity index (χ1n) is 7.48. The molecule has 0 atom stereocenters. The third kappa shape index (κ3) is 2.83. The van der Waals surface area contributed by atoms with E-state index in [0.717, 1.165) is 14.5 Å². The molecule has 0 radical (unpaired) electrons. The fourth-order valence-electron chi connectivity index (χ4n) is 2.60. The lowest BCUT2D eigenvalue weighted by atomic mass is 10.1. The fraction of sp³-hybridized carbons (Fsp3) is 0. The molecule has 2 aromatic heterocycles. The molecule has 4 rings (SSSR count). The third-order valence-corrected chi connectivity index (χ3v) is 6.36. The van der Waals surface area contributed by atoms with Crippen molar-refractivity contribution in [2.75, 3.05) is 0 Å². The van der Waals surface area contributed by atoms with Crippen molar-refractivity contribution < 1.29 is 8.42 Å². The summed E-state index contributed by atoms with van der Waals surface area (Å²) in [5.41, 5.74) is 1.97. The molecule has 0 unspecified atom stereocenters. The smallest absolute Gasteiger partial charge is 0.221 e. The van der Waals surface area contributed by atoms with E-state index in [0.29, 0.717) is 11.3 Å². The zero-order chi connectivity index (χ0) is 17.4. The summed E-state index contributed by atoms with van der Waals surface area (Å²) in [5.74, 6) is 0. The molecule has 7 heteroatoms. The van der Waals surface area contributed by atoms with E-state index in [9.17, 15) is 8.42 Å². The molecule has 2 aromatic carbocycles. The summed E-state index contributed by atoms with van der Waals surface area (Å²) in [5, 5.41) is 9.18. The largest absolute Gasteiger partial charge is 0.269 e. The number of hydrogen-bond donors (Lipinski definition) is 0. The minimum absolute atomic E-state index is 0.220. The zero-order valence-corrected chi connectivity index (χ0v) is 15.8. The second-order valence-electron chi connectivity index (χ2n) is 5.42. The average molecular weight is 461 g/mol. The van der Waals surface area contributed by atoms with Crippen molar-refractivity contribution >= 4 is 43.6 Å². The third-order valence-electron chi connectivity index (χ3n) is 3.84. The minimum atomic E-state index is -3.71. The highest BCUT2D eigenvalue weighted by atomic mass is 127. The van der Waals surface area contributed by atoms with Crippen molar-refractivity contribution in [2.45, 2.75) is 4.90 Å². The molecule has 0 saturated heterocycles. The molecule has 0 saturated carbocycles. The first kappa shape index (κ1) is 16.2. The van der Waals surface area contributed by atoms with Gasteiger partial charge in [0.15, 0.2) is 5.65 Å². The van der Waals surface area contributed by atoms with Crippen LogP contribution in [0.1, 0.15) is 0 Å². The molecule has 0 aliphatic heterocycles. The van der Waals surface area contributed by atoms with Crippen LogP contribution in [0.5, 0.6) is 0 Å². The molecule has 0 amide bonds. The molecule has 124 valence electrons. The number of aromatic nitrogens is 3. The van der Waals surface area contributed by atoms with Gasteiger partial charge in [0, 0.05) is 20.7 Å². The van der Waals surface area contributed by atoms with Crippen LogP contribution in [-0.2, 0) is 10.0 Å². The Morgan fingerprint density at radius 2 is 1.52 bits per heavy atom. The Bertz CT molecular complexity index is 1160. The first-order valence-corrected chi connectivity index (χ1v) is 9.99. The maximum Gasteiger partial charge on any atom is 0.269 e. The van der Waals surface area contributed by atoms with E-state index in [-0.39, 0.29) is 4.90 Å². The predicted molar refractivity (Wildman–Crippen MR) is 105 cm³/mol. The van der Waals surface area contributed by atoms with Crippen molar-refractivity contribution in [1.82, 2.24) is 14.2 Å². The molecule has 0 aliphatic carbocycles. The van der Waals surface area contributed by atoms with Crippen LogP contribution in [0.2, 0.25) is 0 Å². The van der Waals surface area contributed by atoms with Gasteiger partial charge in [0.25, 0.3) is 10.0 Å². The van der Waals surface area contributed by atoms with E-state index in [2.05, 4.69) is 32.8 Å². The average Bonchev–Trinajstić information content (AvgIpc) is 3.00. The fourth-order valence-corrected chi connectivity index (χ4v) is 4.80. The molecule has 0 aliphatic rings. The molecule has 2 heterocycles. The highest BCUT2D eigenvalue weighted by Crippen LogP contribution is 2.28. The van der Waals surface area contributed by atoms with Gasteiger partial charge in [-0.2, -0.15) is 0 Å². The summed E-state index contributed by atoms with van der Waals surface area (Å²) in [4.78, 5) is 0.220. The van der Waals surface area contributed by atoms with Crippen LogP contribution in [0.4, 0.5) is 0 Å². The van der Waals surface area contributed by atoms with E-state index in [4.69, 9.17) is 0 Å². The molecule has 0 fully saturated rings. The second kappa shape index (κ2) is 6.23. The molecule has 0 N–H and O–H groups in total. The van der Waals surface area contributed by atoms with Gasteiger partial charge in [0.1, 0.15) is 0 Å². The van der Waals surface area contributed by atoms with E-state index >= 15 is 0 Å². The van der Waals surface area contributed by atoms with Crippen molar-refractivity contribution in [3.05, 3.63) is 76.5 Å². The van der Waals surface area contributed by atoms with Gasteiger partial charge in [-0.3, -0.25) is 0 Å². The summed E-state index contributed by atoms with van der Waals surface area (Å²) in [7, 11) is -3.71.